The zero-order valence-corrected chi connectivity index (χ0v) is 25.8. The van der Waals surface area contributed by atoms with E-state index >= 15 is 0 Å². The Labute approximate surface area is 249 Å². The van der Waals surface area contributed by atoms with Crippen molar-refractivity contribution >= 4 is 88.5 Å². The van der Waals surface area contributed by atoms with Crippen molar-refractivity contribution < 1.29 is 60.1 Å². The Morgan fingerprint density at radius 1 is 1.06 bits per heavy atom. The minimum atomic E-state index is -4.60. The van der Waals surface area contributed by atoms with Crippen LogP contribution < -0.4 is 39.0 Å². The van der Waals surface area contributed by atoms with Gasteiger partial charge in [-0.05, 0) is 48.4 Å². The van der Waals surface area contributed by atoms with Crippen LogP contribution in [-0.2, 0) is 26.1 Å². The van der Waals surface area contributed by atoms with Gasteiger partial charge in [-0.1, -0.05) is 53.2 Å². The first-order chi connectivity index (χ1) is 16.3. The number of fused-ring (bicyclic) bond motifs is 2. The van der Waals surface area contributed by atoms with Crippen LogP contribution in [0.1, 0.15) is 18.4 Å². The standard InChI is InChI=1S/C21H18Cl2N2O6S4.Na/c1-2-13(7-20-24(11-34(26,27)28)16-9-14(22)3-5-18(16)32-20)8-21-25(12-35(29,30)31)17-10-15(23)4-6-19(17)33-21;/h3-10H,2,11-12H2,1H3,(H-,26,27,28,29,30,31);/q;+1/p-1. The second kappa shape index (κ2) is 11.6. The summed E-state index contributed by atoms with van der Waals surface area (Å²) >= 11 is 14.7. The van der Waals surface area contributed by atoms with Crippen molar-refractivity contribution in [1.82, 2.24) is 0 Å². The van der Waals surface area contributed by atoms with Gasteiger partial charge in [0, 0.05) is 27.1 Å². The molecule has 0 fully saturated rings. The molecule has 1 aliphatic rings. The third-order valence-electron chi connectivity index (χ3n) is 4.99. The molecule has 36 heavy (non-hydrogen) atoms. The summed E-state index contributed by atoms with van der Waals surface area (Å²) in [6.07, 6.45) is 3.96. The van der Waals surface area contributed by atoms with Gasteiger partial charge >= 0.3 is 29.6 Å². The van der Waals surface area contributed by atoms with E-state index in [-0.39, 0.29) is 29.6 Å². The largest absolute Gasteiger partial charge is 1.00 e. The monoisotopic (exact) mass is 614 g/mol. The Hall–Kier alpha value is -0.640. The summed E-state index contributed by atoms with van der Waals surface area (Å²) in [4.78, 5) is 2.13. The van der Waals surface area contributed by atoms with Crippen molar-refractivity contribution in [2.24, 2.45) is 0 Å². The first-order valence-electron chi connectivity index (χ1n) is 9.99. The molecule has 4 rings (SSSR count). The molecule has 0 spiro atoms. The maximum atomic E-state index is 11.6. The van der Waals surface area contributed by atoms with Crippen LogP contribution >= 0.6 is 46.3 Å². The van der Waals surface area contributed by atoms with E-state index < -0.39 is 32.0 Å². The van der Waals surface area contributed by atoms with Gasteiger partial charge in [0.1, 0.15) is 20.7 Å². The Kier molecular flexibility index (Phi) is 9.66. The van der Waals surface area contributed by atoms with E-state index in [1.54, 1.807) is 48.6 Å². The average molecular weight is 616 g/mol. The normalized spacial score (nSPS) is 15.4. The Bertz CT molecular complexity index is 1600. The van der Waals surface area contributed by atoms with E-state index in [1.807, 2.05) is 6.92 Å². The fourth-order valence-corrected chi connectivity index (χ4v) is 7.43. The molecule has 0 radical (unpaired) electrons. The van der Waals surface area contributed by atoms with E-state index in [0.717, 1.165) is 15.2 Å². The molecular formula is C21H17Cl2N2NaO6S4. The van der Waals surface area contributed by atoms with Crippen LogP contribution in [0.4, 0.5) is 5.69 Å². The molecule has 1 aliphatic heterocycles. The third kappa shape index (κ3) is 7.26. The summed E-state index contributed by atoms with van der Waals surface area (Å²) in [5, 5.41) is 1.80. The second-order valence-corrected chi connectivity index (χ2v) is 13.3. The molecule has 186 valence electrons. The Morgan fingerprint density at radius 3 is 2.36 bits per heavy atom. The number of benzene rings is 2. The van der Waals surface area contributed by atoms with Gasteiger partial charge < -0.3 is 14.0 Å². The van der Waals surface area contributed by atoms with Gasteiger partial charge in [-0.2, -0.15) is 4.57 Å². The smallest absolute Gasteiger partial charge is 0.747 e. The summed E-state index contributed by atoms with van der Waals surface area (Å²) < 4.78 is 71.7. The molecule has 2 heterocycles. The first kappa shape index (κ1) is 29.9. The predicted octanol–water partition coefficient (Wildman–Crippen LogP) is 1.75. The molecule has 0 saturated heterocycles. The summed E-state index contributed by atoms with van der Waals surface area (Å²) in [5.41, 5.74) is 1.73. The second-order valence-electron chi connectivity index (χ2n) is 7.55. The maximum absolute atomic E-state index is 11.6. The van der Waals surface area contributed by atoms with Crippen LogP contribution in [0, 0.1) is 0 Å². The van der Waals surface area contributed by atoms with Gasteiger partial charge in [-0.3, -0.25) is 0 Å². The van der Waals surface area contributed by atoms with Crippen LogP contribution in [0.2, 0.25) is 10.0 Å². The van der Waals surface area contributed by atoms with Gasteiger partial charge in [-0.15, -0.1) is 0 Å². The predicted molar refractivity (Wildman–Crippen MR) is 137 cm³/mol. The van der Waals surface area contributed by atoms with Crippen molar-refractivity contribution in [3.8, 4) is 0 Å². The van der Waals surface area contributed by atoms with E-state index in [4.69, 9.17) is 23.2 Å². The number of rotatable bonds is 7. The van der Waals surface area contributed by atoms with Crippen LogP contribution in [0.3, 0.4) is 0 Å². The molecule has 0 bridgehead atoms. The molecule has 0 aliphatic carbocycles. The summed E-state index contributed by atoms with van der Waals surface area (Å²) in [7, 11) is -9.21. The van der Waals surface area contributed by atoms with Crippen molar-refractivity contribution in [3.63, 3.8) is 0 Å². The number of halogens is 2. The molecule has 3 aromatic rings. The number of aromatic nitrogens is 1. The quantitative estimate of drug-likeness (QED) is 0.224. The molecule has 2 aromatic carbocycles. The fourth-order valence-electron chi connectivity index (χ4n) is 3.51. The first-order valence-corrected chi connectivity index (χ1v) is 15.5. The third-order valence-corrected chi connectivity index (χ3v) is 8.83. The van der Waals surface area contributed by atoms with Gasteiger partial charge in [0.25, 0.3) is 5.01 Å². The molecule has 0 unspecified atom stereocenters. The van der Waals surface area contributed by atoms with E-state index in [0.29, 0.717) is 37.7 Å². The average Bonchev–Trinajstić information content (AvgIpc) is 3.23. The number of anilines is 1. The van der Waals surface area contributed by atoms with Crippen molar-refractivity contribution in [2.75, 3.05) is 10.8 Å². The van der Waals surface area contributed by atoms with Gasteiger partial charge in [-0.25, -0.2) is 16.8 Å². The molecular weight excluding hydrogens is 598 g/mol. The molecule has 0 saturated carbocycles. The zero-order valence-electron chi connectivity index (χ0n) is 19.0. The molecule has 8 nitrogen and oxygen atoms in total. The van der Waals surface area contributed by atoms with E-state index in [2.05, 4.69) is 0 Å². The van der Waals surface area contributed by atoms with Crippen LogP contribution in [-0.4, -0.2) is 31.8 Å². The minimum Gasteiger partial charge on any atom is -0.747 e. The van der Waals surface area contributed by atoms with Crippen LogP contribution in [0.25, 0.3) is 16.3 Å². The number of nitrogens with zero attached hydrogens (tertiary/aromatic N) is 2. The summed E-state index contributed by atoms with van der Waals surface area (Å²) in [6, 6.07) is 10.0. The molecule has 15 heteroatoms. The Balaban J connectivity index is 0.00000361. The van der Waals surface area contributed by atoms with Gasteiger partial charge in [0.05, 0.1) is 10.7 Å². The molecule has 0 N–H and O–H groups in total. The Morgan fingerprint density at radius 2 is 1.72 bits per heavy atom. The van der Waals surface area contributed by atoms with Gasteiger partial charge in [0.15, 0.2) is 10.1 Å². The fraction of sp³-hybridized carbons (Fsp3) is 0.190. The number of allylic oxidation sites excluding steroid dienone is 2. The topological polar surface area (TPSA) is 122 Å². The molecule has 0 amide bonds. The van der Waals surface area contributed by atoms with Crippen LogP contribution in [0.5, 0.6) is 0 Å². The van der Waals surface area contributed by atoms with Crippen molar-refractivity contribution in [3.05, 3.63) is 68.1 Å². The minimum absolute atomic E-state index is 0. The SMILES string of the molecule is CCC(/C=C1\Sc2ccc(Cl)cc2N1CS(=O)(=O)[O-])=C\c1sc2ccc(Cl)cc2[n+]1CS(=O)(=O)[O-].[Na+]. The summed E-state index contributed by atoms with van der Waals surface area (Å²) in [5.74, 6) is -1.54. The number of thiazole rings is 1. The van der Waals surface area contributed by atoms with Gasteiger partial charge in [0.2, 0.25) is 11.4 Å². The maximum Gasteiger partial charge on any atom is 1.00 e. The van der Waals surface area contributed by atoms with Crippen molar-refractivity contribution in [1.29, 1.82) is 0 Å². The molecule has 0 atom stereocenters. The molecule has 1 aromatic heterocycles. The zero-order chi connectivity index (χ0) is 25.5. The van der Waals surface area contributed by atoms with Crippen LogP contribution in [0.15, 0.2) is 58.0 Å². The number of hydrogen-bond donors (Lipinski definition) is 0. The van der Waals surface area contributed by atoms with E-state index in [1.165, 1.54) is 32.6 Å². The number of thioether (sulfide) groups is 1. The van der Waals surface area contributed by atoms with Crippen molar-refractivity contribution in [2.45, 2.75) is 24.1 Å². The van der Waals surface area contributed by atoms with E-state index in [9.17, 15) is 25.9 Å². The summed E-state index contributed by atoms with van der Waals surface area (Å²) in [6.45, 7) is 1.88. The number of hydrogen-bond acceptors (Lipinski definition) is 9.